The maximum atomic E-state index is 14.1. The number of halogens is 2. The Morgan fingerprint density at radius 2 is 1.90 bits per heavy atom. The van der Waals surface area contributed by atoms with Crippen LogP contribution >= 0.6 is 15.9 Å². The summed E-state index contributed by atoms with van der Waals surface area (Å²) >= 11 is 3.08. The number of rotatable bonds is 1. The molecule has 5 heteroatoms. The topological polar surface area (TPSA) is 37.4 Å². The van der Waals surface area contributed by atoms with Crippen molar-refractivity contribution < 1.29 is 14.0 Å². The maximum absolute atomic E-state index is 14.1. The SMILES string of the molecule is O=C1CCN(C(=O)c2cccc(Br)c2F)c2ccccc21. The van der Waals surface area contributed by atoms with E-state index in [0.717, 1.165) is 0 Å². The van der Waals surface area contributed by atoms with Gasteiger partial charge in [-0.25, -0.2) is 4.39 Å². The van der Waals surface area contributed by atoms with Gasteiger partial charge in [-0.2, -0.15) is 0 Å². The fourth-order valence-corrected chi connectivity index (χ4v) is 2.80. The van der Waals surface area contributed by atoms with Gasteiger partial charge in [0.1, 0.15) is 5.82 Å². The minimum atomic E-state index is -0.586. The molecule has 0 saturated heterocycles. The summed E-state index contributed by atoms with van der Waals surface area (Å²) in [5.41, 5.74) is 1.04. The smallest absolute Gasteiger partial charge is 0.261 e. The third-order valence-corrected chi connectivity index (χ3v) is 4.10. The summed E-state index contributed by atoms with van der Waals surface area (Å²) in [6.07, 6.45) is 0.248. The highest BCUT2D eigenvalue weighted by atomic mass is 79.9. The monoisotopic (exact) mass is 347 g/mol. The minimum absolute atomic E-state index is 0.00404. The number of hydrogen-bond donors (Lipinski definition) is 0. The highest BCUT2D eigenvalue weighted by Gasteiger charge is 2.29. The van der Waals surface area contributed by atoms with Crippen molar-refractivity contribution in [3.63, 3.8) is 0 Å². The number of carbonyl (C=O) groups excluding carboxylic acids is 2. The number of fused-ring (bicyclic) bond motifs is 1. The van der Waals surface area contributed by atoms with E-state index in [2.05, 4.69) is 15.9 Å². The molecule has 106 valence electrons. The Hall–Kier alpha value is -2.01. The number of hydrogen-bond acceptors (Lipinski definition) is 2. The molecular formula is C16H11BrFNO2. The first-order chi connectivity index (χ1) is 10.1. The van der Waals surface area contributed by atoms with E-state index in [1.165, 1.54) is 11.0 Å². The summed E-state index contributed by atoms with van der Waals surface area (Å²) in [4.78, 5) is 25.9. The zero-order chi connectivity index (χ0) is 15.0. The Labute approximate surface area is 129 Å². The molecule has 0 bridgehead atoms. The molecular weight excluding hydrogens is 337 g/mol. The molecule has 3 rings (SSSR count). The quantitative estimate of drug-likeness (QED) is 0.786. The lowest BCUT2D eigenvalue weighted by Crippen LogP contribution is -2.37. The molecule has 0 atom stereocenters. The normalized spacial score (nSPS) is 14.0. The van der Waals surface area contributed by atoms with Gasteiger partial charge in [0.2, 0.25) is 0 Å². The first-order valence-corrected chi connectivity index (χ1v) is 7.27. The highest BCUT2D eigenvalue weighted by Crippen LogP contribution is 2.29. The Balaban J connectivity index is 2.05. The van der Waals surface area contributed by atoms with Crippen molar-refractivity contribution in [3.05, 3.63) is 63.9 Å². The van der Waals surface area contributed by atoms with Gasteiger partial charge in [0, 0.05) is 18.5 Å². The molecule has 2 aromatic carbocycles. The van der Waals surface area contributed by atoms with Crippen molar-refractivity contribution in [1.82, 2.24) is 0 Å². The van der Waals surface area contributed by atoms with Crippen molar-refractivity contribution >= 4 is 33.3 Å². The Kier molecular flexibility index (Phi) is 3.59. The van der Waals surface area contributed by atoms with Crippen LogP contribution in [0.5, 0.6) is 0 Å². The zero-order valence-corrected chi connectivity index (χ0v) is 12.6. The van der Waals surface area contributed by atoms with Gasteiger partial charge < -0.3 is 4.90 Å². The van der Waals surface area contributed by atoms with Crippen LogP contribution in [-0.2, 0) is 0 Å². The molecule has 0 spiro atoms. The number of ketones is 1. The third-order valence-electron chi connectivity index (χ3n) is 3.48. The number of para-hydroxylation sites is 1. The second kappa shape index (κ2) is 5.41. The van der Waals surface area contributed by atoms with Crippen molar-refractivity contribution in [1.29, 1.82) is 0 Å². The lowest BCUT2D eigenvalue weighted by molar-refractivity contribution is 0.0953. The van der Waals surface area contributed by atoms with Crippen molar-refractivity contribution in [3.8, 4) is 0 Å². The number of nitrogens with zero attached hydrogens (tertiary/aromatic N) is 1. The van der Waals surface area contributed by atoms with Gasteiger partial charge >= 0.3 is 0 Å². The van der Waals surface area contributed by atoms with E-state index >= 15 is 0 Å². The van der Waals surface area contributed by atoms with Gasteiger partial charge in [-0.1, -0.05) is 18.2 Å². The number of amides is 1. The van der Waals surface area contributed by atoms with Crippen LogP contribution < -0.4 is 4.90 Å². The van der Waals surface area contributed by atoms with E-state index in [-0.39, 0.29) is 28.8 Å². The lowest BCUT2D eigenvalue weighted by Gasteiger charge is -2.28. The molecule has 1 aliphatic rings. The molecule has 0 fully saturated rings. The molecule has 1 aliphatic heterocycles. The largest absolute Gasteiger partial charge is 0.307 e. The Morgan fingerprint density at radius 1 is 1.14 bits per heavy atom. The second-order valence-electron chi connectivity index (χ2n) is 4.75. The highest BCUT2D eigenvalue weighted by molar-refractivity contribution is 9.10. The summed E-state index contributed by atoms with van der Waals surface area (Å²) in [5, 5.41) is 0. The van der Waals surface area contributed by atoms with Crippen molar-refractivity contribution in [2.45, 2.75) is 6.42 Å². The summed E-state index contributed by atoms with van der Waals surface area (Å²) < 4.78 is 14.3. The van der Waals surface area contributed by atoms with Crippen molar-refractivity contribution in [2.75, 3.05) is 11.4 Å². The molecule has 21 heavy (non-hydrogen) atoms. The number of Topliss-reactive ketones (excluding diaryl/α,β-unsaturated/α-hetero) is 1. The Morgan fingerprint density at radius 3 is 2.71 bits per heavy atom. The molecule has 3 nitrogen and oxygen atoms in total. The molecule has 0 unspecified atom stereocenters. The van der Waals surface area contributed by atoms with E-state index in [1.807, 2.05) is 0 Å². The number of benzene rings is 2. The summed E-state index contributed by atoms with van der Waals surface area (Å²) in [6.45, 7) is 0.265. The first-order valence-electron chi connectivity index (χ1n) is 6.47. The summed E-state index contributed by atoms with van der Waals surface area (Å²) in [7, 11) is 0. The second-order valence-corrected chi connectivity index (χ2v) is 5.60. The van der Waals surface area contributed by atoms with Gasteiger partial charge in [-0.05, 0) is 40.2 Å². The first kappa shape index (κ1) is 13.9. The van der Waals surface area contributed by atoms with Crippen LogP contribution in [-0.4, -0.2) is 18.2 Å². The average Bonchev–Trinajstić information content (AvgIpc) is 2.50. The van der Waals surface area contributed by atoms with Gasteiger partial charge in [-0.15, -0.1) is 0 Å². The van der Waals surface area contributed by atoms with Crippen LogP contribution in [0.1, 0.15) is 27.1 Å². The molecule has 1 amide bonds. The molecule has 1 heterocycles. The van der Waals surface area contributed by atoms with Crippen LogP contribution in [0.3, 0.4) is 0 Å². The molecule has 0 radical (unpaired) electrons. The standard InChI is InChI=1S/C16H11BrFNO2/c17-12-6-3-5-11(15(12)18)16(21)19-9-8-14(20)10-4-1-2-7-13(10)19/h1-7H,8-9H2. The van der Waals surface area contributed by atoms with Crippen LogP contribution in [0.15, 0.2) is 46.9 Å². The lowest BCUT2D eigenvalue weighted by atomic mass is 9.99. The molecule has 0 aliphatic carbocycles. The third kappa shape index (κ3) is 2.38. The fourth-order valence-electron chi connectivity index (χ4n) is 2.44. The predicted molar refractivity (Wildman–Crippen MR) is 81.2 cm³/mol. The minimum Gasteiger partial charge on any atom is -0.307 e. The summed E-state index contributed by atoms with van der Waals surface area (Å²) in [5.74, 6) is -1.02. The molecule has 2 aromatic rings. The van der Waals surface area contributed by atoms with Gasteiger partial charge in [0.05, 0.1) is 15.7 Å². The molecule has 0 saturated carbocycles. The van der Waals surface area contributed by atoms with E-state index in [1.54, 1.807) is 36.4 Å². The molecule has 0 aromatic heterocycles. The van der Waals surface area contributed by atoms with E-state index in [0.29, 0.717) is 11.3 Å². The average molecular weight is 348 g/mol. The van der Waals surface area contributed by atoms with Crippen LogP contribution in [0, 0.1) is 5.82 Å². The predicted octanol–water partition coefficient (Wildman–Crippen LogP) is 3.82. The van der Waals surface area contributed by atoms with Crippen LogP contribution in [0.4, 0.5) is 10.1 Å². The number of anilines is 1. The maximum Gasteiger partial charge on any atom is 0.261 e. The van der Waals surface area contributed by atoms with Gasteiger partial charge in [-0.3, -0.25) is 9.59 Å². The van der Waals surface area contributed by atoms with Gasteiger partial charge in [0.15, 0.2) is 5.78 Å². The summed E-state index contributed by atoms with van der Waals surface area (Å²) in [6, 6.07) is 11.5. The van der Waals surface area contributed by atoms with Crippen molar-refractivity contribution in [2.24, 2.45) is 0 Å². The zero-order valence-electron chi connectivity index (χ0n) is 11.0. The van der Waals surface area contributed by atoms with Crippen LogP contribution in [0.2, 0.25) is 0 Å². The Bertz CT molecular complexity index is 745. The van der Waals surface area contributed by atoms with E-state index < -0.39 is 11.7 Å². The number of carbonyl (C=O) groups is 2. The molecule has 0 N–H and O–H groups in total. The van der Waals surface area contributed by atoms with Crippen LogP contribution in [0.25, 0.3) is 0 Å². The van der Waals surface area contributed by atoms with Gasteiger partial charge in [0.25, 0.3) is 5.91 Å². The van der Waals surface area contributed by atoms with E-state index in [9.17, 15) is 14.0 Å². The van der Waals surface area contributed by atoms with E-state index in [4.69, 9.17) is 0 Å². The fraction of sp³-hybridized carbons (Fsp3) is 0.125.